The maximum atomic E-state index is 13.9. The number of esters is 2. The Hall–Kier alpha value is -2.10. The summed E-state index contributed by atoms with van der Waals surface area (Å²) >= 11 is 2.80. The number of carbonyl (C=O) groups is 2. The number of carbonyl (C=O) groups excluding carboxylic acids is 2. The molecule has 0 N–H and O–H groups in total. The number of halogens is 4. The summed E-state index contributed by atoms with van der Waals surface area (Å²) in [4.78, 5) is 28.0. The number of nitrogens with zero attached hydrogens (tertiary/aromatic N) is 1. The Morgan fingerprint density at radius 1 is 1.15 bits per heavy atom. The standard InChI is InChI=1S/C16H15BrF3NO5/c1-4-26-13(23)15(16(18,19)20)14(17,12(22)25-3)11(21-15)9-5-7-10(24-2)8-6-9/h5-8H,4H2,1-3H3. The zero-order valence-electron chi connectivity index (χ0n) is 14.0. The van der Waals surface area contributed by atoms with Crippen molar-refractivity contribution < 1.29 is 37.0 Å². The first-order valence-electron chi connectivity index (χ1n) is 7.36. The van der Waals surface area contributed by atoms with E-state index >= 15 is 0 Å². The summed E-state index contributed by atoms with van der Waals surface area (Å²) in [6, 6.07) is 5.81. The van der Waals surface area contributed by atoms with Crippen LogP contribution in [0.25, 0.3) is 0 Å². The van der Waals surface area contributed by atoms with Gasteiger partial charge in [-0.3, -0.25) is 4.99 Å². The molecule has 0 radical (unpaired) electrons. The molecular formula is C16H15BrF3NO5. The van der Waals surface area contributed by atoms with Crippen molar-refractivity contribution in [3.05, 3.63) is 29.8 Å². The van der Waals surface area contributed by atoms with E-state index in [1.54, 1.807) is 0 Å². The molecule has 26 heavy (non-hydrogen) atoms. The number of alkyl halides is 4. The Morgan fingerprint density at radius 3 is 2.15 bits per heavy atom. The lowest BCUT2D eigenvalue weighted by Gasteiger charge is -2.48. The topological polar surface area (TPSA) is 74.2 Å². The second kappa shape index (κ2) is 6.90. The quantitative estimate of drug-likeness (QED) is 0.522. The fraction of sp³-hybridized carbons (Fsp3) is 0.438. The lowest BCUT2D eigenvalue weighted by molar-refractivity contribution is -0.215. The molecule has 1 aliphatic heterocycles. The number of rotatable bonds is 5. The molecule has 6 nitrogen and oxygen atoms in total. The van der Waals surface area contributed by atoms with Gasteiger partial charge in [0.1, 0.15) is 5.75 Å². The molecule has 0 saturated heterocycles. The summed E-state index contributed by atoms with van der Waals surface area (Å²) in [5.41, 5.74) is -3.55. The lowest BCUT2D eigenvalue weighted by Crippen LogP contribution is -2.77. The summed E-state index contributed by atoms with van der Waals surface area (Å²) in [5, 5.41) is 0. The highest BCUT2D eigenvalue weighted by Crippen LogP contribution is 2.56. The maximum Gasteiger partial charge on any atom is 0.426 e. The molecule has 0 aliphatic carbocycles. The van der Waals surface area contributed by atoms with Gasteiger partial charge < -0.3 is 14.2 Å². The maximum absolute atomic E-state index is 13.9. The van der Waals surface area contributed by atoms with E-state index in [0.717, 1.165) is 7.11 Å². The van der Waals surface area contributed by atoms with Gasteiger partial charge >= 0.3 is 18.1 Å². The third kappa shape index (κ3) is 2.67. The fourth-order valence-corrected chi connectivity index (χ4v) is 3.59. The Morgan fingerprint density at radius 2 is 1.73 bits per heavy atom. The van der Waals surface area contributed by atoms with Gasteiger partial charge in [-0.1, -0.05) is 15.9 Å². The zero-order chi connectivity index (χ0) is 19.8. The molecule has 1 aliphatic rings. The predicted octanol–water partition coefficient (Wildman–Crippen LogP) is 2.67. The Balaban J connectivity index is 2.69. The van der Waals surface area contributed by atoms with E-state index in [-0.39, 0.29) is 17.9 Å². The molecule has 10 heteroatoms. The molecule has 0 fully saturated rings. The van der Waals surface area contributed by atoms with Gasteiger partial charge in [0, 0.05) is 0 Å². The number of benzene rings is 1. The molecule has 0 bridgehead atoms. The van der Waals surface area contributed by atoms with Gasteiger partial charge in [-0.2, -0.15) is 13.2 Å². The largest absolute Gasteiger partial charge is 0.497 e. The van der Waals surface area contributed by atoms with Crippen LogP contribution in [0.15, 0.2) is 29.3 Å². The van der Waals surface area contributed by atoms with Crippen LogP contribution in [0.4, 0.5) is 13.2 Å². The molecule has 0 aromatic heterocycles. The van der Waals surface area contributed by atoms with Crippen LogP contribution in [0.1, 0.15) is 12.5 Å². The molecule has 0 saturated carbocycles. The average Bonchev–Trinajstić information content (AvgIpc) is 2.59. The summed E-state index contributed by atoms with van der Waals surface area (Å²) in [6.07, 6.45) is -5.20. The molecule has 1 heterocycles. The van der Waals surface area contributed by atoms with Crippen LogP contribution < -0.4 is 4.74 Å². The third-order valence-electron chi connectivity index (χ3n) is 3.92. The van der Waals surface area contributed by atoms with Crippen molar-refractivity contribution in [3.8, 4) is 5.75 Å². The van der Waals surface area contributed by atoms with E-state index < -0.39 is 28.0 Å². The molecule has 1 aromatic rings. The van der Waals surface area contributed by atoms with E-state index in [1.807, 2.05) is 0 Å². The third-order valence-corrected chi connectivity index (χ3v) is 5.19. The average molecular weight is 438 g/mol. The highest BCUT2D eigenvalue weighted by molar-refractivity contribution is 9.10. The highest BCUT2D eigenvalue weighted by Gasteiger charge is 2.83. The van der Waals surface area contributed by atoms with E-state index in [4.69, 9.17) is 4.74 Å². The second-order valence-corrected chi connectivity index (χ2v) is 6.46. The van der Waals surface area contributed by atoms with Crippen molar-refractivity contribution in [1.29, 1.82) is 0 Å². The van der Waals surface area contributed by atoms with Gasteiger partial charge in [0.05, 0.1) is 26.5 Å². The van der Waals surface area contributed by atoms with Crippen molar-refractivity contribution in [2.75, 3.05) is 20.8 Å². The van der Waals surface area contributed by atoms with Gasteiger partial charge in [-0.25, -0.2) is 9.59 Å². The monoisotopic (exact) mass is 437 g/mol. The van der Waals surface area contributed by atoms with E-state index in [2.05, 4.69) is 30.4 Å². The number of hydrogen-bond donors (Lipinski definition) is 0. The van der Waals surface area contributed by atoms with Gasteiger partial charge in [0.25, 0.3) is 5.54 Å². The fourth-order valence-electron chi connectivity index (χ4n) is 2.63. The Kier molecular flexibility index (Phi) is 5.36. The van der Waals surface area contributed by atoms with E-state index in [1.165, 1.54) is 38.3 Å². The molecular weight excluding hydrogens is 423 g/mol. The van der Waals surface area contributed by atoms with Crippen molar-refractivity contribution >= 4 is 33.6 Å². The van der Waals surface area contributed by atoms with Crippen LogP contribution in [0.3, 0.4) is 0 Å². The zero-order valence-corrected chi connectivity index (χ0v) is 15.6. The molecule has 0 spiro atoms. The SMILES string of the molecule is CCOC(=O)C1(C(F)(F)F)N=C(c2ccc(OC)cc2)C1(Br)C(=O)OC. The van der Waals surface area contributed by atoms with Crippen molar-refractivity contribution in [2.24, 2.45) is 4.99 Å². The molecule has 2 rings (SSSR count). The first kappa shape index (κ1) is 20.2. The first-order valence-corrected chi connectivity index (χ1v) is 8.15. The second-order valence-electron chi connectivity index (χ2n) is 5.27. The van der Waals surface area contributed by atoms with Crippen molar-refractivity contribution in [3.63, 3.8) is 0 Å². The number of aliphatic imine (C=N–C) groups is 1. The van der Waals surface area contributed by atoms with Crippen LogP contribution in [-0.4, -0.2) is 54.5 Å². The van der Waals surface area contributed by atoms with Crippen LogP contribution in [0.2, 0.25) is 0 Å². The minimum Gasteiger partial charge on any atom is -0.497 e. The summed E-state index contributed by atoms with van der Waals surface area (Å²) in [7, 11) is 2.34. The smallest absolute Gasteiger partial charge is 0.426 e. The van der Waals surface area contributed by atoms with Gasteiger partial charge in [-0.05, 0) is 36.8 Å². The van der Waals surface area contributed by atoms with E-state index in [0.29, 0.717) is 5.75 Å². The lowest BCUT2D eigenvalue weighted by atomic mass is 9.71. The molecule has 1 aromatic carbocycles. The van der Waals surface area contributed by atoms with Gasteiger partial charge in [0.2, 0.25) is 4.32 Å². The summed E-state index contributed by atoms with van der Waals surface area (Å²) in [5.74, 6) is -2.55. The van der Waals surface area contributed by atoms with E-state index in [9.17, 15) is 22.8 Å². The van der Waals surface area contributed by atoms with Gasteiger partial charge in [0.15, 0.2) is 0 Å². The first-order chi connectivity index (χ1) is 12.1. The van der Waals surface area contributed by atoms with Crippen LogP contribution in [0, 0.1) is 0 Å². The predicted molar refractivity (Wildman–Crippen MR) is 88.6 cm³/mol. The minimum absolute atomic E-state index is 0.192. The highest BCUT2D eigenvalue weighted by atomic mass is 79.9. The van der Waals surface area contributed by atoms with Crippen LogP contribution >= 0.6 is 15.9 Å². The number of hydrogen-bond acceptors (Lipinski definition) is 6. The minimum atomic E-state index is -5.20. The molecule has 2 unspecified atom stereocenters. The number of ether oxygens (including phenoxy) is 3. The van der Waals surface area contributed by atoms with Gasteiger partial charge in [-0.15, -0.1) is 0 Å². The Bertz CT molecular complexity index is 749. The van der Waals surface area contributed by atoms with Crippen molar-refractivity contribution in [2.45, 2.75) is 23.0 Å². The normalized spacial score (nSPS) is 25.0. The molecule has 2 atom stereocenters. The molecule has 142 valence electrons. The number of methoxy groups -OCH3 is 2. The molecule has 0 amide bonds. The summed E-state index contributed by atoms with van der Waals surface area (Å²) in [6.45, 7) is 1.04. The van der Waals surface area contributed by atoms with Crippen LogP contribution in [0.5, 0.6) is 5.75 Å². The van der Waals surface area contributed by atoms with Crippen LogP contribution in [-0.2, 0) is 19.1 Å². The van der Waals surface area contributed by atoms with Crippen molar-refractivity contribution in [1.82, 2.24) is 0 Å². The summed E-state index contributed by atoms with van der Waals surface area (Å²) < 4.78 is 53.1. The Labute approximate surface area is 155 Å².